The molecule has 1 aliphatic rings. The SMILES string of the molecule is Cc1cc(F)ccc1C(NN)c1cccc2c1OCCO2. The minimum atomic E-state index is -0.290. The van der Waals surface area contributed by atoms with E-state index in [-0.39, 0.29) is 11.9 Å². The molecule has 110 valence electrons. The molecule has 0 fully saturated rings. The van der Waals surface area contributed by atoms with Crippen LogP contribution in [0.2, 0.25) is 0 Å². The number of halogens is 1. The number of hydrogen-bond donors (Lipinski definition) is 2. The highest BCUT2D eigenvalue weighted by molar-refractivity contribution is 5.52. The third kappa shape index (κ3) is 2.57. The van der Waals surface area contributed by atoms with E-state index in [1.165, 1.54) is 12.1 Å². The molecule has 0 spiro atoms. The maximum absolute atomic E-state index is 13.3. The summed E-state index contributed by atoms with van der Waals surface area (Å²) in [6.45, 7) is 2.89. The normalized spacial score (nSPS) is 14.8. The number of para-hydroxylation sites is 1. The fourth-order valence-corrected chi connectivity index (χ4v) is 2.63. The molecule has 1 aliphatic heterocycles. The van der Waals surface area contributed by atoms with Crippen LogP contribution in [0.15, 0.2) is 36.4 Å². The number of benzene rings is 2. The van der Waals surface area contributed by atoms with Crippen LogP contribution in [0.4, 0.5) is 4.39 Å². The first-order chi connectivity index (χ1) is 10.2. The van der Waals surface area contributed by atoms with Gasteiger partial charge in [0.1, 0.15) is 19.0 Å². The lowest BCUT2D eigenvalue weighted by molar-refractivity contribution is 0.169. The van der Waals surface area contributed by atoms with Gasteiger partial charge in [-0.2, -0.15) is 0 Å². The molecular formula is C16H17FN2O2. The van der Waals surface area contributed by atoms with Crippen molar-refractivity contribution in [3.8, 4) is 11.5 Å². The van der Waals surface area contributed by atoms with Gasteiger partial charge in [-0.05, 0) is 36.2 Å². The number of fused-ring (bicyclic) bond motifs is 1. The van der Waals surface area contributed by atoms with Crippen LogP contribution < -0.4 is 20.7 Å². The Morgan fingerprint density at radius 2 is 1.95 bits per heavy atom. The van der Waals surface area contributed by atoms with Crippen LogP contribution in [-0.4, -0.2) is 13.2 Å². The molecule has 1 heterocycles. The van der Waals surface area contributed by atoms with Crippen molar-refractivity contribution in [3.05, 3.63) is 58.9 Å². The van der Waals surface area contributed by atoms with E-state index >= 15 is 0 Å². The first-order valence-electron chi connectivity index (χ1n) is 6.81. The predicted octanol–water partition coefficient (Wildman–Crippen LogP) is 2.46. The molecule has 1 unspecified atom stereocenters. The standard InChI is InChI=1S/C16H17FN2O2/c1-10-9-11(17)5-6-12(10)15(19-18)13-3-2-4-14-16(13)21-8-7-20-14/h2-6,9,15,19H,7-8,18H2,1H3. The molecule has 0 bridgehead atoms. The van der Waals surface area contributed by atoms with E-state index in [4.69, 9.17) is 15.3 Å². The highest BCUT2D eigenvalue weighted by atomic mass is 19.1. The summed E-state index contributed by atoms with van der Waals surface area (Å²) in [4.78, 5) is 0. The Hall–Kier alpha value is -2.11. The first-order valence-corrected chi connectivity index (χ1v) is 6.81. The molecule has 2 aromatic carbocycles. The monoisotopic (exact) mass is 288 g/mol. The molecule has 0 aliphatic carbocycles. The van der Waals surface area contributed by atoms with E-state index in [0.717, 1.165) is 16.7 Å². The average Bonchev–Trinajstić information content (AvgIpc) is 2.50. The molecule has 5 heteroatoms. The maximum Gasteiger partial charge on any atom is 0.166 e. The van der Waals surface area contributed by atoms with Gasteiger partial charge in [0.25, 0.3) is 0 Å². The van der Waals surface area contributed by atoms with Gasteiger partial charge in [-0.15, -0.1) is 0 Å². The molecule has 0 saturated carbocycles. The molecule has 2 aromatic rings. The summed E-state index contributed by atoms with van der Waals surface area (Å²) in [6.07, 6.45) is 0. The molecule has 0 radical (unpaired) electrons. The fourth-order valence-electron chi connectivity index (χ4n) is 2.63. The van der Waals surface area contributed by atoms with Crippen molar-refractivity contribution in [1.29, 1.82) is 0 Å². The van der Waals surface area contributed by atoms with Gasteiger partial charge in [-0.25, -0.2) is 9.82 Å². The first kappa shape index (κ1) is 13.9. The Bertz CT molecular complexity index is 661. The molecule has 21 heavy (non-hydrogen) atoms. The number of aryl methyl sites for hydroxylation is 1. The second-order valence-corrected chi connectivity index (χ2v) is 4.97. The van der Waals surface area contributed by atoms with Crippen molar-refractivity contribution in [2.45, 2.75) is 13.0 Å². The van der Waals surface area contributed by atoms with Gasteiger partial charge in [-0.1, -0.05) is 18.2 Å². The molecule has 0 saturated heterocycles. The molecular weight excluding hydrogens is 271 g/mol. The van der Waals surface area contributed by atoms with Crippen molar-refractivity contribution in [1.82, 2.24) is 5.43 Å². The summed E-state index contributed by atoms with van der Waals surface area (Å²) < 4.78 is 24.6. The second kappa shape index (κ2) is 5.71. The molecule has 0 amide bonds. The van der Waals surface area contributed by atoms with Gasteiger partial charge in [-0.3, -0.25) is 5.84 Å². The summed E-state index contributed by atoms with van der Waals surface area (Å²) in [6, 6.07) is 10.1. The summed E-state index contributed by atoms with van der Waals surface area (Å²) >= 11 is 0. The topological polar surface area (TPSA) is 56.5 Å². The average molecular weight is 288 g/mol. The molecule has 4 nitrogen and oxygen atoms in total. The Morgan fingerprint density at radius 3 is 2.71 bits per heavy atom. The number of nitrogens with two attached hydrogens (primary N) is 1. The van der Waals surface area contributed by atoms with E-state index in [1.54, 1.807) is 6.07 Å². The highest BCUT2D eigenvalue weighted by Gasteiger charge is 2.23. The number of hydrazine groups is 1. The smallest absolute Gasteiger partial charge is 0.166 e. The lowest BCUT2D eigenvalue weighted by atomic mass is 9.94. The van der Waals surface area contributed by atoms with Crippen molar-refractivity contribution >= 4 is 0 Å². The number of nitrogens with one attached hydrogen (secondary N) is 1. The quantitative estimate of drug-likeness (QED) is 0.673. The second-order valence-electron chi connectivity index (χ2n) is 4.97. The van der Waals surface area contributed by atoms with Gasteiger partial charge in [0.2, 0.25) is 0 Å². The lowest BCUT2D eigenvalue weighted by Crippen LogP contribution is -2.30. The van der Waals surface area contributed by atoms with Crippen LogP contribution in [0.1, 0.15) is 22.7 Å². The van der Waals surface area contributed by atoms with Crippen molar-refractivity contribution in [3.63, 3.8) is 0 Å². The Morgan fingerprint density at radius 1 is 1.14 bits per heavy atom. The maximum atomic E-state index is 13.3. The summed E-state index contributed by atoms with van der Waals surface area (Å²) in [7, 11) is 0. The summed E-state index contributed by atoms with van der Waals surface area (Å²) in [5, 5.41) is 0. The number of rotatable bonds is 3. The fraction of sp³-hybridized carbons (Fsp3) is 0.250. The van der Waals surface area contributed by atoms with Gasteiger partial charge < -0.3 is 9.47 Å². The molecule has 3 rings (SSSR count). The third-order valence-electron chi connectivity index (χ3n) is 3.62. The van der Waals surface area contributed by atoms with Crippen LogP contribution in [0.25, 0.3) is 0 Å². The number of ether oxygens (including phenoxy) is 2. The summed E-state index contributed by atoms with van der Waals surface area (Å²) in [5.41, 5.74) is 5.40. The van der Waals surface area contributed by atoms with Crippen LogP contribution in [-0.2, 0) is 0 Å². The Labute approximate surface area is 122 Å². The van der Waals surface area contributed by atoms with E-state index in [9.17, 15) is 4.39 Å². The van der Waals surface area contributed by atoms with Crippen molar-refractivity contribution < 1.29 is 13.9 Å². The van der Waals surface area contributed by atoms with E-state index < -0.39 is 0 Å². The highest BCUT2D eigenvalue weighted by Crippen LogP contribution is 2.39. The van der Waals surface area contributed by atoms with Gasteiger partial charge in [0.05, 0.1) is 6.04 Å². The van der Waals surface area contributed by atoms with Crippen molar-refractivity contribution in [2.24, 2.45) is 5.84 Å². The molecule has 1 atom stereocenters. The molecule has 3 N–H and O–H groups in total. The van der Waals surface area contributed by atoms with Gasteiger partial charge in [0.15, 0.2) is 11.5 Å². The van der Waals surface area contributed by atoms with Crippen LogP contribution in [0, 0.1) is 12.7 Å². The summed E-state index contributed by atoms with van der Waals surface area (Å²) in [5.74, 6) is 6.87. The Balaban J connectivity index is 2.08. The zero-order chi connectivity index (χ0) is 14.8. The van der Waals surface area contributed by atoms with Crippen LogP contribution in [0.5, 0.6) is 11.5 Å². The lowest BCUT2D eigenvalue weighted by Gasteiger charge is -2.26. The zero-order valence-corrected chi connectivity index (χ0v) is 11.7. The van der Waals surface area contributed by atoms with E-state index in [1.807, 2.05) is 25.1 Å². The van der Waals surface area contributed by atoms with Crippen LogP contribution in [0.3, 0.4) is 0 Å². The predicted molar refractivity (Wildman–Crippen MR) is 77.7 cm³/mol. The Kier molecular flexibility index (Phi) is 3.77. The molecule has 0 aromatic heterocycles. The van der Waals surface area contributed by atoms with Gasteiger partial charge in [0, 0.05) is 5.56 Å². The van der Waals surface area contributed by atoms with Crippen LogP contribution >= 0.6 is 0 Å². The third-order valence-corrected chi connectivity index (χ3v) is 3.62. The van der Waals surface area contributed by atoms with E-state index in [2.05, 4.69) is 5.43 Å². The van der Waals surface area contributed by atoms with Gasteiger partial charge >= 0.3 is 0 Å². The van der Waals surface area contributed by atoms with Crippen molar-refractivity contribution in [2.75, 3.05) is 13.2 Å². The number of hydrogen-bond acceptors (Lipinski definition) is 4. The zero-order valence-electron chi connectivity index (χ0n) is 11.7. The minimum absolute atomic E-state index is 0.262. The van der Waals surface area contributed by atoms with E-state index in [0.29, 0.717) is 24.7 Å². The largest absolute Gasteiger partial charge is 0.486 e. The minimum Gasteiger partial charge on any atom is -0.486 e.